The summed E-state index contributed by atoms with van der Waals surface area (Å²) in [7, 11) is -3.67. The molecule has 1 amide bonds. The molecule has 1 aromatic heterocycles. The number of aryl methyl sites for hydroxylation is 3. The molecule has 162 valence electrons. The number of nitrogens with zero attached hydrogens (tertiary/aromatic N) is 2. The van der Waals surface area contributed by atoms with E-state index in [0.29, 0.717) is 12.0 Å². The zero-order valence-electron chi connectivity index (χ0n) is 18.0. The first-order valence-corrected chi connectivity index (χ1v) is 11.6. The second-order valence-electron chi connectivity index (χ2n) is 7.57. The van der Waals surface area contributed by atoms with Gasteiger partial charge in [0.1, 0.15) is 5.49 Å². The summed E-state index contributed by atoms with van der Waals surface area (Å²) in [5.41, 5.74) is 4.74. The van der Waals surface area contributed by atoms with Crippen molar-refractivity contribution in [1.29, 1.82) is 0 Å². The van der Waals surface area contributed by atoms with Crippen molar-refractivity contribution < 1.29 is 13.2 Å². The van der Waals surface area contributed by atoms with Crippen molar-refractivity contribution in [3.05, 3.63) is 94.6 Å². The maximum absolute atomic E-state index is 12.5. The SMILES string of the molecule is Cc1ccc(Cn2ccccc2=NC(=O)CCNS(=O)(=O)c2ccc(C)c(C)c2)cc1. The lowest BCUT2D eigenvalue weighted by atomic mass is 10.1. The molecule has 2 aromatic carbocycles. The number of carbonyl (C=O) groups is 1. The zero-order valence-corrected chi connectivity index (χ0v) is 18.8. The minimum Gasteiger partial charge on any atom is -0.329 e. The largest absolute Gasteiger partial charge is 0.329 e. The lowest BCUT2D eigenvalue weighted by Gasteiger charge is -2.09. The van der Waals surface area contributed by atoms with Gasteiger partial charge in [-0.15, -0.1) is 0 Å². The smallest absolute Gasteiger partial charge is 0.248 e. The Morgan fingerprint density at radius 2 is 1.71 bits per heavy atom. The van der Waals surface area contributed by atoms with E-state index in [4.69, 9.17) is 0 Å². The van der Waals surface area contributed by atoms with Crippen LogP contribution in [0, 0.1) is 20.8 Å². The van der Waals surface area contributed by atoms with Crippen LogP contribution in [0.15, 0.2) is 76.7 Å². The van der Waals surface area contributed by atoms with Crippen molar-refractivity contribution in [3.8, 4) is 0 Å². The van der Waals surface area contributed by atoms with Gasteiger partial charge in [0, 0.05) is 25.7 Å². The molecule has 3 aromatic rings. The van der Waals surface area contributed by atoms with Gasteiger partial charge in [0.25, 0.3) is 0 Å². The van der Waals surface area contributed by atoms with E-state index in [0.717, 1.165) is 16.7 Å². The van der Waals surface area contributed by atoms with Gasteiger partial charge in [0.2, 0.25) is 15.9 Å². The third-order valence-corrected chi connectivity index (χ3v) is 6.51. The Labute approximate surface area is 183 Å². The number of carbonyl (C=O) groups excluding carboxylic acids is 1. The number of hydrogen-bond donors (Lipinski definition) is 1. The first kappa shape index (κ1) is 22.7. The first-order valence-electron chi connectivity index (χ1n) is 10.1. The summed E-state index contributed by atoms with van der Waals surface area (Å²) in [5, 5.41) is 0. The third kappa shape index (κ3) is 6.23. The predicted octanol–water partition coefficient (Wildman–Crippen LogP) is 3.26. The Balaban J connectivity index is 1.66. The van der Waals surface area contributed by atoms with Gasteiger partial charge in [-0.25, -0.2) is 13.1 Å². The Bertz CT molecular complexity index is 1240. The summed E-state index contributed by atoms with van der Waals surface area (Å²) in [5.74, 6) is -0.383. The Morgan fingerprint density at radius 1 is 0.968 bits per heavy atom. The molecular formula is C24H27N3O3S. The molecule has 3 rings (SSSR count). The highest BCUT2D eigenvalue weighted by molar-refractivity contribution is 7.89. The van der Waals surface area contributed by atoms with Gasteiger partial charge in [-0.1, -0.05) is 42.0 Å². The molecular weight excluding hydrogens is 410 g/mol. The molecule has 0 radical (unpaired) electrons. The van der Waals surface area contributed by atoms with E-state index in [-0.39, 0.29) is 23.8 Å². The van der Waals surface area contributed by atoms with Gasteiger partial charge in [-0.05, 0) is 61.7 Å². The standard InChI is InChI=1S/C24H27N3O3S/c1-18-7-10-21(11-8-18)17-27-15-5-4-6-23(27)26-24(28)13-14-25-31(29,30)22-12-9-19(2)20(3)16-22/h4-12,15-16,25H,13-14,17H2,1-3H3. The van der Waals surface area contributed by atoms with Crippen LogP contribution in [0.2, 0.25) is 0 Å². The summed E-state index contributed by atoms with van der Waals surface area (Å²) in [6.45, 7) is 6.40. The lowest BCUT2D eigenvalue weighted by molar-refractivity contribution is -0.117. The molecule has 6 nitrogen and oxygen atoms in total. The topological polar surface area (TPSA) is 80.5 Å². The molecule has 0 spiro atoms. The Hall–Kier alpha value is -3.03. The fourth-order valence-electron chi connectivity index (χ4n) is 3.03. The first-order chi connectivity index (χ1) is 14.7. The highest BCUT2D eigenvalue weighted by atomic mass is 32.2. The average Bonchev–Trinajstić information content (AvgIpc) is 2.73. The monoisotopic (exact) mass is 437 g/mol. The maximum Gasteiger partial charge on any atom is 0.248 e. The van der Waals surface area contributed by atoms with Crippen molar-refractivity contribution in [2.45, 2.75) is 38.6 Å². The fraction of sp³-hybridized carbons (Fsp3) is 0.250. The van der Waals surface area contributed by atoms with Crippen LogP contribution in [-0.4, -0.2) is 25.4 Å². The minimum atomic E-state index is -3.67. The number of sulfonamides is 1. The zero-order chi connectivity index (χ0) is 22.4. The lowest BCUT2D eigenvalue weighted by Crippen LogP contribution is -2.27. The number of pyridine rings is 1. The second-order valence-corrected chi connectivity index (χ2v) is 9.34. The van der Waals surface area contributed by atoms with Crippen LogP contribution in [0.4, 0.5) is 0 Å². The van der Waals surface area contributed by atoms with E-state index in [1.54, 1.807) is 24.3 Å². The molecule has 0 unspecified atom stereocenters. The average molecular weight is 438 g/mol. The molecule has 1 N–H and O–H groups in total. The van der Waals surface area contributed by atoms with E-state index in [2.05, 4.69) is 9.71 Å². The second kappa shape index (κ2) is 9.85. The van der Waals surface area contributed by atoms with Gasteiger partial charge in [-0.3, -0.25) is 4.79 Å². The molecule has 0 fully saturated rings. The summed E-state index contributed by atoms with van der Waals surface area (Å²) in [4.78, 5) is 16.7. The Morgan fingerprint density at radius 3 is 2.42 bits per heavy atom. The molecule has 0 aliphatic rings. The van der Waals surface area contributed by atoms with Crippen molar-refractivity contribution in [2.75, 3.05) is 6.54 Å². The van der Waals surface area contributed by atoms with Gasteiger partial charge in [0.15, 0.2) is 0 Å². The molecule has 0 atom stereocenters. The number of amides is 1. The van der Waals surface area contributed by atoms with Gasteiger partial charge < -0.3 is 4.57 Å². The normalized spacial score (nSPS) is 12.2. The van der Waals surface area contributed by atoms with Crippen molar-refractivity contribution in [1.82, 2.24) is 9.29 Å². The Kier molecular flexibility index (Phi) is 7.20. The van der Waals surface area contributed by atoms with Crippen LogP contribution >= 0.6 is 0 Å². The van der Waals surface area contributed by atoms with Crippen LogP contribution in [0.3, 0.4) is 0 Å². The number of aromatic nitrogens is 1. The van der Waals surface area contributed by atoms with Gasteiger partial charge >= 0.3 is 0 Å². The molecule has 0 saturated heterocycles. The van der Waals surface area contributed by atoms with Gasteiger partial charge in [0.05, 0.1) is 4.90 Å². The molecule has 0 aliphatic carbocycles. The number of nitrogens with one attached hydrogen (secondary N) is 1. The molecule has 1 heterocycles. The molecule has 31 heavy (non-hydrogen) atoms. The van der Waals surface area contributed by atoms with Crippen LogP contribution in [0.5, 0.6) is 0 Å². The molecule has 0 aliphatic heterocycles. The van der Waals surface area contributed by atoms with Crippen molar-refractivity contribution in [3.63, 3.8) is 0 Å². The molecule has 7 heteroatoms. The van der Waals surface area contributed by atoms with E-state index in [1.165, 1.54) is 5.56 Å². The summed E-state index contributed by atoms with van der Waals surface area (Å²) < 4.78 is 29.3. The van der Waals surface area contributed by atoms with E-state index < -0.39 is 10.0 Å². The molecule has 0 saturated carbocycles. The van der Waals surface area contributed by atoms with Crippen molar-refractivity contribution >= 4 is 15.9 Å². The minimum absolute atomic E-state index is 0.0115. The highest BCUT2D eigenvalue weighted by Crippen LogP contribution is 2.14. The van der Waals surface area contributed by atoms with Gasteiger partial charge in [-0.2, -0.15) is 4.99 Å². The molecule has 0 bridgehead atoms. The van der Waals surface area contributed by atoms with Crippen LogP contribution < -0.4 is 10.2 Å². The number of benzene rings is 2. The number of hydrogen-bond acceptors (Lipinski definition) is 3. The van der Waals surface area contributed by atoms with E-state index in [1.807, 2.05) is 67.9 Å². The summed E-state index contributed by atoms with van der Waals surface area (Å²) >= 11 is 0. The van der Waals surface area contributed by atoms with E-state index in [9.17, 15) is 13.2 Å². The predicted molar refractivity (Wildman–Crippen MR) is 121 cm³/mol. The quantitative estimate of drug-likeness (QED) is 0.616. The number of rotatable bonds is 7. The van der Waals surface area contributed by atoms with Crippen molar-refractivity contribution in [2.24, 2.45) is 4.99 Å². The highest BCUT2D eigenvalue weighted by Gasteiger charge is 2.14. The third-order valence-electron chi connectivity index (χ3n) is 5.05. The fourth-order valence-corrected chi connectivity index (χ4v) is 4.15. The van der Waals surface area contributed by atoms with Crippen LogP contribution in [0.1, 0.15) is 28.7 Å². The summed E-state index contributed by atoms with van der Waals surface area (Å²) in [6, 6.07) is 18.6. The maximum atomic E-state index is 12.5. The summed E-state index contributed by atoms with van der Waals surface area (Å²) in [6.07, 6.45) is 1.85. The van der Waals surface area contributed by atoms with E-state index >= 15 is 0 Å². The van der Waals surface area contributed by atoms with Crippen LogP contribution in [0.25, 0.3) is 0 Å². The van der Waals surface area contributed by atoms with Crippen LogP contribution in [-0.2, 0) is 21.4 Å².